The zero-order valence-electron chi connectivity index (χ0n) is 9.42. The average Bonchev–Trinajstić information content (AvgIpc) is 2.25. The second-order valence-electron chi connectivity index (χ2n) is 4.07. The predicted octanol–water partition coefficient (Wildman–Crippen LogP) is 1.91. The van der Waals surface area contributed by atoms with Crippen molar-refractivity contribution in [1.82, 2.24) is 4.98 Å². The molecule has 3 N–H and O–H groups in total. The van der Waals surface area contributed by atoms with E-state index >= 15 is 0 Å². The molecule has 0 radical (unpaired) electrons. The van der Waals surface area contributed by atoms with Gasteiger partial charge in [-0.3, -0.25) is 0 Å². The summed E-state index contributed by atoms with van der Waals surface area (Å²) in [5, 5.41) is 20.5. The quantitative estimate of drug-likeness (QED) is 0.739. The number of aliphatic hydroxyl groups excluding tert-OH is 1. The molecule has 0 saturated carbocycles. The molecule has 4 nitrogen and oxygen atoms in total. The van der Waals surface area contributed by atoms with Crippen molar-refractivity contribution >= 4 is 17.4 Å². The van der Waals surface area contributed by atoms with Gasteiger partial charge in [0.25, 0.3) is 0 Å². The van der Waals surface area contributed by atoms with Crippen LogP contribution in [0, 0.1) is 0 Å². The van der Waals surface area contributed by atoms with Crippen LogP contribution in [0.15, 0.2) is 12.1 Å². The molecule has 102 valence electrons. The molecule has 1 rings (SSSR count). The Morgan fingerprint density at radius 3 is 2.50 bits per heavy atom. The predicted molar refractivity (Wildman–Crippen MR) is 60.4 cm³/mol. The second kappa shape index (κ2) is 5.29. The number of hydrogen-bond acceptors (Lipinski definition) is 4. The first-order valence-corrected chi connectivity index (χ1v) is 5.34. The van der Waals surface area contributed by atoms with Crippen molar-refractivity contribution in [3.05, 3.63) is 22.8 Å². The number of nitrogens with one attached hydrogen (secondary N) is 1. The lowest BCUT2D eigenvalue weighted by Gasteiger charge is -2.21. The van der Waals surface area contributed by atoms with Crippen LogP contribution in [0.3, 0.4) is 0 Å². The number of aliphatic hydroxyl groups is 2. The van der Waals surface area contributed by atoms with Crippen LogP contribution in [0.1, 0.15) is 12.5 Å². The monoisotopic (exact) mass is 284 g/mol. The minimum Gasteiger partial charge on any atom is -0.393 e. The second-order valence-corrected chi connectivity index (χ2v) is 4.46. The largest absolute Gasteiger partial charge is 0.416 e. The van der Waals surface area contributed by atoms with Gasteiger partial charge in [-0.1, -0.05) is 11.6 Å². The third-order valence-electron chi connectivity index (χ3n) is 2.11. The van der Waals surface area contributed by atoms with Crippen LogP contribution < -0.4 is 5.32 Å². The van der Waals surface area contributed by atoms with Gasteiger partial charge in [0.1, 0.15) is 16.6 Å². The number of halogens is 4. The van der Waals surface area contributed by atoms with Crippen molar-refractivity contribution in [2.24, 2.45) is 0 Å². The van der Waals surface area contributed by atoms with E-state index < -0.39 is 23.9 Å². The van der Waals surface area contributed by atoms with E-state index in [1.54, 1.807) is 0 Å². The Morgan fingerprint density at radius 1 is 1.39 bits per heavy atom. The van der Waals surface area contributed by atoms with Gasteiger partial charge in [-0.2, -0.15) is 13.2 Å². The Kier molecular flexibility index (Phi) is 4.41. The number of rotatable bonds is 4. The van der Waals surface area contributed by atoms with Gasteiger partial charge in [-0.05, 0) is 19.1 Å². The fourth-order valence-corrected chi connectivity index (χ4v) is 1.30. The molecule has 0 amide bonds. The summed E-state index contributed by atoms with van der Waals surface area (Å²) in [5.41, 5.74) is -2.39. The Morgan fingerprint density at radius 2 is 2.00 bits per heavy atom. The van der Waals surface area contributed by atoms with Crippen LogP contribution in [0.25, 0.3) is 0 Å². The van der Waals surface area contributed by atoms with Crippen molar-refractivity contribution in [3.8, 4) is 0 Å². The molecule has 0 spiro atoms. The van der Waals surface area contributed by atoms with E-state index in [1.807, 2.05) is 0 Å². The van der Waals surface area contributed by atoms with Crippen LogP contribution in [0.2, 0.25) is 5.15 Å². The number of alkyl halides is 3. The lowest BCUT2D eigenvalue weighted by Crippen LogP contribution is -2.37. The Labute approximate surface area is 106 Å². The molecular weight excluding hydrogens is 273 g/mol. The van der Waals surface area contributed by atoms with Crippen molar-refractivity contribution < 1.29 is 23.4 Å². The molecule has 1 aromatic heterocycles. The molecule has 1 aromatic rings. The van der Waals surface area contributed by atoms with Gasteiger partial charge < -0.3 is 15.5 Å². The summed E-state index contributed by atoms with van der Waals surface area (Å²) < 4.78 is 37.5. The number of anilines is 1. The molecule has 18 heavy (non-hydrogen) atoms. The number of pyridine rings is 1. The van der Waals surface area contributed by atoms with E-state index in [2.05, 4.69) is 10.3 Å². The maximum atomic E-state index is 12.5. The molecule has 0 aliphatic heterocycles. The van der Waals surface area contributed by atoms with E-state index in [9.17, 15) is 18.3 Å². The van der Waals surface area contributed by atoms with E-state index in [0.29, 0.717) is 6.07 Å². The zero-order chi connectivity index (χ0) is 14.0. The highest BCUT2D eigenvalue weighted by Gasteiger charge is 2.31. The summed E-state index contributed by atoms with van der Waals surface area (Å²) in [5.74, 6) is -0.122. The van der Waals surface area contributed by atoms with Crippen LogP contribution >= 0.6 is 11.6 Å². The minimum absolute atomic E-state index is 0.122. The van der Waals surface area contributed by atoms with Gasteiger partial charge in [0.2, 0.25) is 0 Å². The first-order chi connectivity index (χ1) is 8.14. The first-order valence-electron chi connectivity index (χ1n) is 4.96. The van der Waals surface area contributed by atoms with Crippen molar-refractivity contribution in [1.29, 1.82) is 0 Å². The molecule has 1 unspecified atom stereocenters. The van der Waals surface area contributed by atoms with Gasteiger partial charge in [0.15, 0.2) is 0 Å². The molecule has 0 aliphatic rings. The summed E-state index contributed by atoms with van der Waals surface area (Å²) in [6.45, 7) is 0.635. The van der Waals surface area contributed by atoms with Crippen LogP contribution in [0.5, 0.6) is 0 Å². The molecule has 8 heteroatoms. The molecule has 0 fully saturated rings. The molecule has 0 aliphatic carbocycles. The van der Waals surface area contributed by atoms with Crippen LogP contribution in [0.4, 0.5) is 19.0 Å². The van der Waals surface area contributed by atoms with Gasteiger partial charge in [-0.25, -0.2) is 4.98 Å². The molecule has 0 bridgehead atoms. The molecule has 0 saturated heterocycles. The molecule has 1 heterocycles. The smallest absolute Gasteiger partial charge is 0.393 e. The fraction of sp³-hybridized carbons (Fsp3) is 0.500. The molecular formula is C10H12ClF3N2O2. The van der Waals surface area contributed by atoms with Crippen molar-refractivity contribution in [3.63, 3.8) is 0 Å². The number of nitrogens with zero attached hydrogens (tertiary/aromatic N) is 1. The van der Waals surface area contributed by atoms with E-state index in [0.717, 1.165) is 6.07 Å². The summed E-state index contributed by atoms with van der Waals surface area (Å²) in [6.07, 6.45) is -4.53. The average molecular weight is 285 g/mol. The van der Waals surface area contributed by atoms with E-state index in [1.165, 1.54) is 6.92 Å². The third kappa shape index (κ3) is 4.32. The topological polar surface area (TPSA) is 65.4 Å². The lowest BCUT2D eigenvalue weighted by molar-refractivity contribution is -0.137. The Hall–Kier alpha value is -1.05. The number of aromatic nitrogens is 1. The molecule has 1 atom stereocenters. The lowest BCUT2D eigenvalue weighted by atomic mass is 10.1. The third-order valence-corrected chi connectivity index (χ3v) is 2.31. The summed E-state index contributed by atoms with van der Waals surface area (Å²) in [6, 6.07) is 1.48. The van der Waals surface area contributed by atoms with Gasteiger partial charge in [0, 0.05) is 6.54 Å². The SMILES string of the molecule is CC(O)(CO)CNc1cc(C(F)(F)F)cc(Cl)n1. The van der Waals surface area contributed by atoms with Gasteiger partial charge in [0.05, 0.1) is 12.2 Å². The highest BCUT2D eigenvalue weighted by atomic mass is 35.5. The maximum absolute atomic E-state index is 12.5. The first kappa shape index (κ1) is 15.0. The van der Waals surface area contributed by atoms with Crippen LogP contribution in [-0.4, -0.2) is 33.9 Å². The summed E-state index contributed by atoms with van der Waals surface area (Å²) in [4.78, 5) is 3.65. The minimum atomic E-state index is -4.53. The Balaban J connectivity index is 2.88. The summed E-state index contributed by atoms with van der Waals surface area (Å²) >= 11 is 5.48. The highest BCUT2D eigenvalue weighted by Crippen LogP contribution is 2.31. The zero-order valence-corrected chi connectivity index (χ0v) is 10.2. The Bertz CT molecular complexity index is 424. The van der Waals surface area contributed by atoms with E-state index in [4.69, 9.17) is 16.7 Å². The maximum Gasteiger partial charge on any atom is 0.416 e. The van der Waals surface area contributed by atoms with Crippen molar-refractivity contribution in [2.75, 3.05) is 18.5 Å². The fourth-order valence-electron chi connectivity index (χ4n) is 1.09. The molecule has 0 aromatic carbocycles. The normalized spacial score (nSPS) is 15.3. The highest BCUT2D eigenvalue weighted by molar-refractivity contribution is 6.29. The van der Waals surface area contributed by atoms with E-state index in [-0.39, 0.29) is 17.5 Å². The summed E-state index contributed by atoms with van der Waals surface area (Å²) in [7, 11) is 0. The van der Waals surface area contributed by atoms with Gasteiger partial charge in [-0.15, -0.1) is 0 Å². The van der Waals surface area contributed by atoms with Crippen LogP contribution in [-0.2, 0) is 6.18 Å². The van der Waals surface area contributed by atoms with Crippen molar-refractivity contribution in [2.45, 2.75) is 18.7 Å². The number of hydrogen-bond donors (Lipinski definition) is 3. The standard InChI is InChI=1S/C10H12ClF3N2O2/c1-9(18,5-17)4-15-8-3-6(10(12,13)14)2-7(11)16-8/h2-3,17-18H,4-5H2,1H3,(H,15,16). The van der Waals surface area contributed by atoms with Gasteiger partial charge >= 0.3 is 6.18 Å².